The Bertz CT molecular complexity index is 1260. The molecule has 0 bridgehead atoms. The summed E-state index contributed by atoms with van der Waals surface area (Å²) in [5.41, 5.74) is 2.39. The molecule has 11 nitrogen and oxygen atoms in total. The molecule has 0 aromatic heterocycles. The minimum absolute atomic E-state index is 0.0470. The molecule has 0 aliphatic carbocycles. The smallest absolute Gasteiger partial charge is 0.255 e. The number of carbonyl (C=O) groups is 4. The van der Waals surface area contributed by atoms with Crippen molar-refractivity contribution in [3.05, 3.63) is 65.2 Å². The molecule has 1 fully saturated rings. The lowest BCUT2D eigenvalue weighted by molar-refractivity contribution is -0.129. The largest absolute Gasteiger partial charge is 0.493 e. The van der Waals surface area contributed by atoms with Gasteiger partial charge in [0, 0.05) is 39.1 Å². The molecular weight excluding hydrogens is 562 g/mol. The van der Waals surface area contributed by atoms with Crippen molar-refractivity contribution in [1.29, 1.82) is 0 Å². The van der Waals surface area contributed by atoms with E-state index in [9.17, 15) is 19.2 Å². The van der Waals surface area contributed by atoms with Crippen molar-refractivity contribution < 1.29 is 28.7 Å². The van der Waals surface area contributed by atoms with Gasteiger partial charge in [0.2, 0.25) is 17.7 Å². The van der Waals surface area contributed by atoms with Gasteiger partial charge >= 0.3 is 0 Å². The fourth-order valence-corrected chi connectivity index (χ4v) is 5.21. The van der Waals surface area contributed by atoms with Crippen LogP contribution in [0.3, 0.4) is 0 Å². The van der Waals surface area contributed by atoms with Gasteiger partial charge < -0.3 is 30.7 Å². The van der Waals surface area contributed by atoms with Gasteiger partial charge in [-0.3, -0.25) is 24.1 Å². The van der Waals surface area contributed by atoms with Crippen LogP contribution in [0.2, 0.25) is 0 Å². The summed E-state index contributed by atoms with van der Waals surface area (Å²) in [4.78, 5) is 54.9. The molecule has 2 aromatic carbocycles. The average molecular weight is 608 g/mol. The number of hydrogen-bond acceptors (Lipinski definition) is 7. The van der Waals surface area contributed by atoms with Crippen LogP contribution in [0.5, 0.6) is 5.75 Å². The lowest BCUT2D eigenvalue weighted by Crippen LogP contribution is -2.49. The van der Waals surface area contributed by atoms with Crippen LogP contribution in [0.15, 0.2) is 48.5 Å². The van der Waals surface area contributed by atoms with E-state index < -0.39 is 23.9 Å². The van der Waals surface area contributed by atoms with E-state index >= 15 is 0 Å². The highest BCUT2D eigenvalue weighted by Crippen LogP contribution is 2.19. The van der Waals surface area contributed by atoms with Gasteiger partial charge in [0.05, 0.1) is 25.4 Å². The summed E-state index contributed by atoms with van der Waals surface area (Å²) in [5, 5.41) is 11.4. The molecular formula is C33H45N5O6. The number of ether oxygens (including phenoxy) is 2. The Morgan fingerprint density at radius 3 is 2.45 bits per heavy atom. The van der Waals surface area contributed by atoms with Crippen LogP contribution in [0, 0.1) is 5.92 Å². The first-order valence-electron chi connectivity index (χ1n) is 15.5. The second-order valence-corrected chi connectivity index (χ2v) is 11.7. The second kappa shape index (κ2) is 16.8. The number of benzene rings is 2. The van der Waals surface area contributed by atoms with Crippen LogP contribution in [-0.2, 0) is 32.2 Å². The van der Waals surface area contributed by atoms with Gasteiger partial charge in [-0.15, -0.1) is 0 Å². The van der Waals surface area contributed by atoms with E-state index in [1.54, 1.807) is 24.3 Å². The molecule has 4 amide bonds. The van der Waals surface area contributed by atoms with E-state index in [1.807, 2.05) is 26.0 Å². The number of nitrogens with one attached hydrogen (secondary N) is 4. The second-order valence-electron chi connectivity index (χ2n) is 11.7. The SMILES string of the molecule is CC(C)CC1NC(=O)CC[C@@H](C(=O)NCc2ccc(CN3CCOCC3)cc2)NC(=O)c2ccccc2OCCCNC1=O. The van der Waals surface area contributed by atoms with E-state index in [1.165, 1.54) is 5.56 Å². The highest BCUT2D eigenvalue weighted by atomic mass is 16.5. The lowest BCUT2D eigenvalue weighted by atomic mass is 10.0. The van der Waals surface area contributed by atoms with E-state index in [4.69, 9.17) is 9.47 Å². The highest BCUT2D eigenvalue weighted by molar-refractivity contribution is 5.99. The molecule has 238 valence electrons. The number of nitrogens with zero attached hydrogens (tertiary/aromatic N) is 1. The first-order chi connectivity index (χ1) is 21.3. The third kappa shape index (κ3) is 10.3. The summed E-state index contributed by atoms with van der Waals surface area (Å²) in [6.45, 7) is 9.04. The molecule has 1 unspecified atom stereocenters. The van der Waals surface area contributed by atoms with Crippen LogP contribution >= 0.6 is 0 Å². The first-order valence-corrected chi connectivity index (χ1v) is 15.5. The van der Waals surface area contributed by atoms with Gasteiger partial charge in [0.1, 0.15) is 17.8 Å². The van der Waals surface area contributed by atoms with Crippen molar-refractivity contribution in [1.82, 2.24) is 26.2 Å². The molecule has 2 heterocycles. The number of morpholine rings is 1. The molecule has 1 saturated heterocycles. The van der Waals surface area contributed by atoms with Crippen LogP contribution in [0.1, 0.15) is 61.0 Å². The van der Waals surface area contributed by atoms with Gasteiger partial charge in [-0.2, -0.15) is 0 Å². The minimum atomic E-state index is -0.979. The summed E-state index contributed by atoms with van der Waals surface area (Å²) < 4.78 is 11.3. The predicted molar refractivity (Wildman–Crippen MR) is 166 cm³/mol. The predicted octanol–water partition coefficient (Wildman–Crippen LogP) is 2.14. The van der Waals surface area contributed by atoms with Crippen molar-refractivity contribution in [3.8, 4) is 5.75 Å². The van der Waals surface area contributed by atoms with E-state index in [2.05, 4.69) is 38.3 Å². The zero-order chi connectivity index (χ0) is 31.3. The summed E-state index contributed by atoms with van der Waals surface area (Å²) >= 11 is 0. The molecule has 2 atom stereocenters. The normalized spacial score (nSPS) is 20.9. The quantitative estimate of drug-likeness (QED) is 0.379. The Labute approximate surface area is 259 Å². The first kappa shape index (κ1) is 32.9. The third-order valence-corrected chi connectivity index (χ3v) is 7.65. The summed E-state index contributed by atoms with van der Waals surface area (Å²) in [6, 6.07) is 13.2. The molecule has 0 spiro atoms. The number of fused-ring (bicyclic) bond motifs is 1. The highest BCUT2D eigenvalue weighted by Gasteiger charge is 2.26. The van der Waals surface area contributed by atoms with Gasteiger partial charge in [0.15, 0.2) is 0 Å². The fourth-order valence-electron chi connectivity index (χ4n) is 5.21. The monoisotopic (exact) mass is 607 g/mol. The molecule has 0 saturated carbocycles. The number of carbonyl (C=O) groups excluding carboxylic acids is 4. The van der Waals surface area contributed by atoms with E-state index in [0.29, 0.717) is 30.7 Å². The topological polar surface area (TPSA) is 138 Å². The molecule has 11 heteroatoms. The zero-order valence-corrected chi connectivity index (χ0v) is 25.7. The van der Waals surface area contributed by atoms with Crippen LogP contribution in [0.25, 0.3) is 0 Å². The zero-order valence-electron chi connectivity index (χ0n) is 25.7. The maximum Gasteiger partial charge on any atom is 0.255 e. The number of amides is 4. The van der Waals surface area contributed by atoms with Crippen molar-refractivity contribution in [2.75, 3.05) is 39.5 Å². The van der Waals surface area contributed by atoms with Gasteiger partial charge in [-0.1, -0.05) is 50.2 Å². The molecule has 2 aromatic rings. The fraction of sp³-hybridized carbons (Fsp3) is 0.515. The summed E-state index contributed by atoms with van der Waals surface area (Å²) in [5.74, 6) is -0.910. The molecule has 4 rings (SSSR count). The molecule has 0 radical (unpaired) electrons. The summed E-state index contributed by atoms with van der Waals surface area (Å²) in [6.07, 6.45) is 1.01. The van der Waals surface area contributed by atoms with Crippen molar-refractivity contribution in [2.45, 2.75) is 64.7 Å². The Hall–Kier alpha value is -3.96. The molecule has 2 aliphatic rings. The molecule has 4 N–H and O–H groups in total. The maximum absolute atomic E-state index is 13.4. The Morgan fingerprint density at radius 1 is 0.977 bits per heavy atom. The average Bonchev–Trinajstić information content (AvgIpc) is 3.02. The molecule has 2 aliphatic heterocycles. The Balaban J connectivity index is 1.44. The number of rotatable bonds is 7. The van der Waals surface area contributed by atoms with Crippen molar-refractivity contribution >= 4 is 23.6 Å². The van der Waals surface area contributed by atoms with Gasteiger partial charge in [-0.05, 0) is 48.4 Å². The molecule has 44 heavy (non-hydrogen) atoms. The summed E-state index contributed by atoms with van der Waals surface area (Å²) in [7, 11) is 0. The van der Waals surface area contributed by atoms with E-state index in [-0.39, 0.29) is 43.7 Å². The van der Waals surface area contributed by atoms with Crippen LogP contribution < -0.4 is 26.0 Å². The Kier molecular flexibility index (Phi) is 12.6. The number of para-hydroxylation sites is 1. The van der Waals surface area contributed by atoms with Gasteiger partial charge in [0.25, 0.3) is 5.91 Å². The minimum Gasteiger partial charge on any atom is -0.493 e. The van der Waals surface area contributed by atoms with Crippen molar-refractivity contribution in [2.24, 2.45) is 5.92 Å². The standard InChI is InChI=1S/C33H45N5O6/c1-23(2)20-28-33(42)34-14-5-17-44-29-7-4-3-6-26(29)31(40)37-27(12-13-30(39)36-28)32(41)35-21-24-8-10-25(11-9-24)22-38-15-18-43-19-16-38/h3-4,6-11,23,27-28H,5,12-22H2,1-2H3,(H,34,42)(H,35,41)(H,36,39)(H,37,40)/t27-,28?/m0/s1. The lowest BCUT2D eigenvalue weighted by Gasteiger charge is -2.26. The van der Waals surface area contributed by atoms with Crippen molar-refractivity contribution in [3.63, 3.8) is 0 Å². The van der Waals surface area contributed by atoms with Crippen LogP contribution in [-0.4, -0.2) is 80.1 Å². The van der Waals surface area contributed by atoms with Crippen LogP contribution in [0.4, 0.5) is 0 Å². The Morgan fingerprint density at radius 2 is 1.70 bits per heavy atom. The number of hydrogen-bond donors (Lipinski definition) is 4. The maximum atomic E-state index is 13.4. The van der Waals surface area contributed by atoms with E-state index in [0.717, 1.165) is 38.4 Å². The third-order valence-electron chi connectivity index (χ3n) is 7.65. The van der Waals surface area contributed by atoms with Gasteiger partial charge in [-0.25, -0.2) is 0 Å².